The largest absolute Gasteiger partial charge is 0.314 e. The Hall–Kier alpha value is -0.860. The minimum Gasteiger partial charge on any atom is -0.314 e. The first kappa shape index (κ1) is 11.6. The Morgan fingerprint density at radius 1 is 1.31 bits per heavy atom. The van der Waals surface area contributed by atoms with E-state index in [-0.39, 0.29) is 0 Å². The highest BCUT2D eigenvalue weighted by molar-refractivity contribution is 5.14. The molecule has 1 heterocycles. The predicted octanol–water partition coefficient (Wildman–Crippen LogP) is 2.26. The van der Waals surface area contributed by atoms with Gasteiger partial charge in [-0.2, -0.15) is 0 Å². The smallest absolute Gasteiger partial charge is 0.0237 e. The van der Waals surface area contributed by atoms with E-state index in [1.807, 2.05) is 0 Å². The van der Waals surface area contributed by atoms with Gasteiger partial charge in [0.2, 0.25) is 0 Å². The van der Waals surface area contributed by atoms with E-state index >= 15 is 0 Å². The zero-order valence-corrected chi connectivity index (χ0v) is 10.2. The molecule has 1 aliphatic rings. The summed E-state index contributed by atoms with van der Waals surface area (Å²) in [7, 11) is 0. The maximum Gasteiger partial charge on any atom is 0.0237 e. The van der Waals surface area contributed by atoms with Crippen molar-refractivity contribution in [3.63, 3.8) is 0 Å². The maximum atomic E-state index is 3.49. The van der Waals surface area contributed by atoms with Gasteiger partial charge in [0.25, 0.3) is 0 Å². The number of nitrogens with one attached hydrogen (secondary N) is 1. The van der Waals surface area contributed by atoms with Crippen LogP contribution in [0.25, 0.3) is 0 Å². The Kier molecular flexibility index (Phi) is 4.37. The summed E-state index contributed by atoms with van der Waals surface area (Å²) in [4.78, 5) is 2.62. The molecule has 2 nitrogen and oxygen atoms in total. The molecule has 0 radical (unpaired) electrons. The molecule has 1 atom stereocenters. The molecule has 0 spiro atoms. The molecule has 88 valence electrons. The lowest BCUT2D eigenvalue weighted by Crippen LogP contribution is -2.50. The molecule has 1 fully saturated rings. The second-order valence-corrected chi connectivity index (χ2v) is 4.60. The van der Waals surface area contributed by atoms with Crippen LogP contribution in [0.4, 0.5) is 0 Å². The summed E-state index contributed by atoms with van der Waals surface area (Å²) in [6.45, 7) is 6.84. The fraction of sp³-hybridized carbons (Fsp3) is 0.571. The van der Waals surface area contributed by atoms with Crippen molar-refractivity contribution in [2.45, 2.75) is 32.4 Å². The van der Waals surface area contributed by atoms with Gasteiger partial charge in [-0.1, -0.05) is 43.7 Å². The molecule has 0 aliphatic carbocycles. The molecule has 0 amide bonds. The van der Waals surface area contributed by atoms with Gasteiger partial charge in [-0.05, 0) is 12.0 Å². The van der Waals surface area contributed by atoms with Crippen molar-refractivity contribution in [1.82, 2.24) is 10.2 Å². The SMILES string of the molecule is CCC[C@H]1CNCCN1Cc1ccccc1. The third-order valence-electron chi connectivity index (χ3n) is 3.32. The van der Waals surface area contributed by atoms with Crippen LogP contribution < -0.4 is 5.32 Å². The molecule has 0 unspecified atom stereocenters. The highest BCUT2D eigenvalue weighted by Crippen LogP contribution is 2.13. The average Bonchev–Trinajstić information content (AvgIpc) is 2.33. The second kappa shape index (κ2) is 6.02. The van der Waals surface area contributed by atoms with Gasteiger partial charge in [0, 0.05) is 32.2 Å². The summed E-state index contributed by atoms with van der Waals surface area (Å²) < 4.78 is 0. The van der Waals surface area contributed by atoms with Crippen LogP contribution in [0.15, 0.2) is 30.3 Å². The van der Waals surface area contributed by atoms with Gasteiger partial charge in [0.1, 0.15) is 0 Å². The fourth-order valence-electron chi connectivity index (χ4n) is 2.45. The Balaban J connectivity index is 1.96. The first-order chi connectivity index (χ1) is 7.90. The third-order valence-corrected chi connectivity index (χ3v) is 3.32. The Bertz CT molecular complexity index is 295. The lowest BCUT2D eigenvalue weighted by atomic mass is 10.1. The van der Waals surface area contributed by atoms with Crippen molar-refractivity contribution >= 4 is 0 Å². The molecule has 1 aliphatic heterocycles. The van der Waals surface area contributed by atoms with Gasteiger partial charge in [-0.15, -0.1) is 0 Å². The van der Waals surface area contributed by atoms with Crippen LogP contribution in [0, 0.1) is 0 Å². The minimum atomic E-state index is 0.721. The van der Waals surface area contributed by atoms with Crippen molar-refractivity contribution in [3.05, 3.63) is 35.9 Å². The van der Waals surface area contributed by atoms with Crippen molar-refractivity contribution in [2.75, 3.05) is 19.6 Å². The van der Waals surface area contributed by atoms with Gasteiger partial charge < -0.3 is 5.32 Å². The van der Waals surface area contributed by atoms with Crippen LogP contribution in [0.1, 0.15) is 25.3 Å². The van der Waals surface area contributed by atoms with E-state index in [0.29, 0.717) is 0 Å². The summed E-state index contributed by atoms with van der Waals surface area (Å²) in [6, 6.07) is 11.5. The van der Waals surface area contributed by atoms with Crippen LogP contribution in [0.2, 0.25) is 0 Å². The van der Waals surface area contributed by atoms with Crippen LogP contribution in [-0.2, 0) is 6.54 Å². The molecule has 1 aromatic rings. The van der Waals surface area contributed by atoms with Crippen LogP contribution in [-0.4, -0.2) is 30.6 Å². The van der Waals surface area contributed by atoms with Crippen molar-refractivity contribution in [2.24, 2.45) is 0 Å². The number of piperazine rings is 1. The molecule has 1 N–H and O–H groups in total. The quantitative estimate of drug-likeness (QED) is 0.834. The van der Waals surface area contributed by atoms with Crippen LogP contribution in [0.5, 0.6) is 0 Å². The summed E-state index contributed by atoms with van der Waals surface area (Å²) in [6.07, 6.45) is 2.58. The number of hydrogen-bond acceptors (Lipinski definition) is 2. The van der Waals surface area contributed by atoms with E-state index in [1.165, 1.54) is 24.9 Å². The standard InChI is InChI=1S/C14H22N2/c1-2-6-14-11-15-9-10-16(14)12-13-7-4-3-5-8-13/h3-5,7-8,14-15H,2,6,9-12H2,1H3/t14-/m0/s1. The molecule has 16 heavy (non-hydrogen) atoms. The van der Waals surface area contributed by atoms with E-state index in [1.54, 1.807) is 0 Å². The monoisotopic (exact) mass is 218 g/mol. The van der Waals surface area contributed by atoms with Crippen molar-refractivity contribution < 1.29 is 0 Å². The van der Waals surface area contributed by atoms with E-state index in [0.717, 1.165) is 25.7 Å². The van der Waals surface area contributed by atoms with Gasteiger partial charge in [0.15, 0.2) is 0 Å². The molecular formula is C14H22N2. The lowest BCUT2D eigenvalue weighted by molar-refractivity contribution is 0.144. The normalized spacial score (nSPS) is 22.2. The van der Waals surface area contributed by atoms with E-state index < -0.39 is 0 Å². The zero-order valence-electron chi connectivity index (χ0n) is 10.2. The zero-order chi connectivity index (χ0) is 11.2. The Morgan fingerprint density at radius 3 is 2.88 bits per heavy atom. The highest BCUT2D eigenvalue weighted by Gasteiger charge is 2.20. The molecular weight excluding hydrogens is 196 g/mol. The highest BCUT2D eigenvalue weighted by atomic mass is 15.2. The molecule has 0 bridgehead atoms. The third kappa shape index (κ3) is 3.06. The number of benzene rings is 1. The van der Waals surface area contributed by atoms with E-state index in [4.69, 9.17) is 0 Å². The first-order valence-corrected chi connectivity index (χ1v) is 6.39. The summed E-state index contributed by atoms with van der Waals surface area (Å²) >= 11 is 0. The maximum absolute atomic E-state index is 3.49. The first-order valence-electron chi connectivity index (χ1n) is 6.39. The topological polar surface area (TPSA) is 15.3 Å². The minimum absolute atomic E-state index is 0.721. The van der Waals surface area contributed by atoms with Crippen LogP contribution in [0.3, 0.4) is 0 Å². The van der Waals surface area contributed by atoms with Gasteiger partial charge in [-0.3, -0.25) is 4.90 Å². The Labute approximate surface area is 98.7 Å². The van der Waals surface area contributed by atoms with Crippen molar-refractivity contribution in [3.8, 4) is 0 Å². The van der Waals surface area contributed by atoms with E-state index in [2.05, 4.69) is 47.5 Å². The lowest BCUT2D eigenvalue weighted by Gasteiger charge is -2.36. The van der Waals surface area contributed by atoms with Gasteiger partial charge in [0.05, 0.1) is 0 Å². The Morgan fingerprint density at radius 2 is 2.12 bits per heavy atom. The molecule has 2 rings (SSSR count). The van der Waals surface area contributed by atoms with Gasteiger partial charge >= 0.3 is 0 Å². The number of nitrogens with zero attached hydrogens (tertiary/aromatic N) is 1. The fourth-order valence-corrected chi connectivity index (χ4v) is 2.45. The summed E-state index contributed by atoms with van der Waals surface area (Å²) in [5.74, 6) is 0. The van der Waals surface area contributed by atoms with Crippen molar-refractivity contribution in [1.29, 1.82) is 0 Å². The predicted molar refractivity (Wildman–Crippen MR) is 68.4 cm³/mol. The molecule has 2 heteroatoms. The summed E-state index contributed by atoms with van der Waals surface area (Å²) in [5, 5.41) is 3.49. The molecule has 0 aromatic heterocycles. The summed E-state index contributed by atoms with van der Waals surface area (Å²) in [5.41, 5.74) is 1.44. The second-order valence-electron chi connectivity index (χ2n) is 4.60. The number of rotatable bonds is 4. The van der Waals surface area contributed by atoms with E-state index in [9.17, 15) is 0 Å². The number of hydrogen-bond donors (Lipinski definition) is 1. The van der Waals surface area contributed by atoms with Crippen LogP contribution >= 0.6 is 0 Å². The molecule has 0 saturated carbocycles. The van der Waals surface area contributed by atoms with Gasteiger partial charge in [-0.25, -0.2) is 0 Å². The molecule has 1 saturated heterocycles. The average molecular weight is 218 g/mol. The molecule has 1 aromatic carbocycles.